The molecule has 2 heterocycles. The van der Waals surface area contributed by atoms with Gasteiger partial charge in [0.1, 0.15) is 12.7 Å². The van der Waals surface area contributed by atoms with Gasteiger partial charge in [0, 0.05) is 6.54 Å². The fourth-order valence-electron chi connectivity index (χ4n) is 1.73. The first-order valence-electron chi connectivity index (χ1n) is 4.50. The predicted molar refractivity (Wildman–Crippen MR) is 53.6 cm³/mol. The van der Waals surface area contributed by atoms with Crippen LogP contribution < -0.4 is 5.73 Å². The van der Waals surface area contributed by atoms with Crippen LogP contribution in [-0.4, -0.2) is 32.8 Å². The van der Waals surface area contributed by atoms with Gasteiger partial charge in [-0.3, -0.25) is 0 Å². The highest BCUT2D eigenvalue weighted by atomic mass is 32.2. The predicted octanol–water partition coefficient (Wildman–Crippen LogP) is 0.459. The molecule has 1 aliphatic rings. The molecule has 1 aliphatic heterocycles. The number of aromatic nitrogens is 3. The number of nitrogens with two attached hydrogens (primary N) is 1. The molecule has 0 radical (unpaired) electrons. The quantitative estimate of drug-likeness (QED) is 0.750. The van der Waals surface area contributed by atoms with Crippen molar-refractivity contribution in [1.82, 2.24) is 14.8 Å². The van der Waals surface area contributed by atoms with Gasteiger partial charge in [-0.25, -0.2) is 9.67 Å². The Labute approximate surface area is 81.9 Å². The standard InChI is InChI=1S/C8H14N4S/c9-5-8(1-3-13-4-2-8)12-7-10-6-11-12/h6-7H,1-5,9H2. The summed E-state index contributed by atoms with van der Waals surface area (Å²) in [6, 6.07) is 0. The third-order valence-corrected chi connectivity index (χ3v) is 3.69. The van der Waals surface area contributed by atoms with Crippen LogP contribution in [0.25, 0.3) is 0 Å². The Morgan fingerprint density at radius 3 is 2.77 bits per heavy atom. The second kappa shape index (κ2) is 3.67. The lowest BCUT2D eigenvalue weighted by atomic mass is 9.93. The molecule has 1 saturated heterocycles. The van der Waals surface area contributed by atoms with Gasteiger partial charge in [0.2, 0.25) is 0 Å². The molecule has 1 aromatic rings. The van der Waals surface area contributed by atoms with Gasteiger partial charge < -0.3 is 5.73 Å². The summed E-state index contributed by atoms with van der Waals surface area (Å²) in [6.07, 6.45) is 5.58. The summed E-state index contributed by atoms with van der Waals surface area (Å²) in [4.78, 5) is 3.98. The van der Waals surface area contributed by atoms with E-state index in [9.17, 15) is 0 Å². The summed E-state index contributed by atoms with van der Waals surface area (Å²) in [7, 11) is 0. The molecule has 0 bridgehead atoms. The Kier molecular flexibility index (Phi) is 2.55. The second-order valence-corrected chi connectivity index (χ2v) is 4.61. The van der Waals surface area contributed by atoms with E-state index in [0.717, 1.165) is 12.8 Å². The summed E-state index contributed by atoms with van der Waals surface area (Å²) in [5.74, 6) is 2.36. The van der Waals surface area contributed by atoms with E-state index in [4.69, 9.17) is 5.73 Å². The minimum absolute atomic E-state index is 0.0434. The lowest BCUT2D eigenvalue weighted by Crippen LogP contribution is -2.44. The van der Waals surface area contributed by atoms with Gasteiger partial charge >= 0.3 is 0 Å². The van der Waals surface area contributed by atoms with Crippen molar-refractivity contribution in [2.45, 2.75) is 18.4 Å². The molecule has 0 saturated carbocycles. The number of hydrogen-bond donors (Lipinski definition) is 1. The molecule has 0 aromatic carbocycles. The van der Waals surface area contributed by atoms with Gasteiger partial charge in [0.25, 0.3) is 0 Å². The van der Waals surface area contributed by atoms with Crippen molar-refractivity contribution in [3.05, 3.63) is 12.7 Å². The topological polar surface area (TPSA) is 56.7 Å². The average molecular weight is 198 g/mol. The fourth-order valence-corrected chi connectivity index (χ4v) is 2.98. The SMILES string of the molecule is NCC1(n2cncn2)CCSCC1. The maximum absolute atomic E-state index is 5.83. The summed E-state index contributed by atoms with van der Waals surface area (Å²) < 4.78 is 1.94. The van der Waals surface area contributed by atoms with Crippen molar-refractivity contribution >= 4 is 11.8 Å². The summed E-state index contributed by atoms with van der Waals surface area (Å²) in [5.41, 5.74) is 5.87. The molecule has 0 spiro atoms. The molecular weight excluding hydrogens is 184 g/mol. The van der Waals surface area contributed by atoms with E-state index in [2.05, 4.69) is 10.1 Å². The van der Waals surface area contributed by atoms with E-state index in [-0.39, 0.29) is 5.54 Å². The van der Waals surface area contributed by atoms with Crippen molar-refractivity contribution < 1.29 is 0 Å². The average Bonchev–Trinajstić information content (AvgIpc) is 2.72. The first kappa shape index (κ1) is 9.02. The summed E-state index contributed by atoms with van der Waals surface area (Å²) in [5, 5.41) is 4.20. The normalized spacial score (nSPS) is 21.6. The van der Waals surface area contributed by atoms with Crippen molar-refractivity contribution in [3.8, 4) is 0 Å². The van der Waals surface area contributed by atoms with Gasteiger partial charge in [0.05, 0.1) is 5.54 Å². The van der Waals surface area contributed by atoms with Gasteiger partial charge in [0.15, 0.2) is 0 Å². The minimum atomic E-state index is 0.0434. The van der Waals surface area contributed by atoms with Crippen LogP contribution >= 0.6 is 11.8 Å². The summed E-state index contributed by atoms with van der Waals surface area (Å²) in [6.45, 7) is 0.664. The molecule has 13 heavy (non-hydrogen) atoms. The smallest absolute Gasteiger partial charge is 0.137 e. The Bertz CT molecular complexity index is 253. The van der Waals surface area contributed by atoms with Crippen molar-refractivity contribution in [3.63, 3.8) is 0 Å². The number of nitrogens with zero attached hydrogens (tertiary/aromatic N) is 3. The van der Waals surface area contributed by atoms with Crippen LogP contribution in [0.5, 0.6) is 0 Å². The molecule has 0 amide bonds. The first-order chi connectivity index (χ1) is 6.37. The largest absolute Gasteiger partial charge is 0.328 e. The van der Waals surface area contributed by atoms with Crippen LogP contribution in [0.4, 0.5) is 0 Å². The molecule has 0 unspecified atom stereocenters. The van der Waals surface area contributed by atoms with Gasteiger partial charge in [-0.15, -0.1) is 0 Å². The van der Waals surface area contributed by atoms with E-state index >= 15 is 0 Å². The van der Waals surface area contributed by atoms with E-state index in [1.165, 1.54) is 11.5 Å². The molecule has 0 aliphatic carbocycles. The highest BCUT2D eigenvalue weighted by Gasteiger charge is 2.33. The van der Waals surface area contributed by atoms with Crippen LogP contribution in [0.2, 0.25) is 0 Å². The fraction of sp³-hybridized carbons (Fsp3) is 0.750. The van der Waals surface area contributed by atoms with Crippen LogP contribution in [0, 0.1) is 0 Å². The van der Waals surface area contributed by atoms with E-state index in [1.54, 1.807) is 12.7 Å². The number of hydrogen-bond acceptors (Lipinski definition) is 4. The zero-order valence-electron chi connectivity index (χ0n) is 7.52. The number of thioether (sulfide) groups is 1. The first-order valence-corrected chi connectivity index (χ1v) is 5.66. The zero-order chi connectivity index (χ0) is 9.15. The highest BCUT2D eigenvalue weighted by Crippen LogP contribution is 2.31. The highest BCUT2D eigenvalue weighted by molar-refractivity contribution is 7.99. The van der Waals surface area contributed by atoms with Crippen LogP contribution in [0.3, 0.4) is 0 Å². The molecule has 2 N–H and O–H groups in total. The molecule has 0 atom stereocenters. The Morgan fingerprint density at radius 1 is 1.46 bits per heavy atom. The second-order valence-electron chi connectivity index (χ2n) is 3.38. The Hall–Kier alpha value is -0.550. The zero-order valence-corrected chi connectivity index (χ0v) is 8.33. The molecule has 1 fully saturated rings. The van der Waals surface area contributed by atoms with Gasteiger partial charge in [-0.05, 0) is 24.3 Å². The lowest BCUT2D eigenvalue weighted by molar-refractivity contribution is 0.242. The van der Waals surface area contributed by atoms with E-state index < -0.39 is 0 Å². The molecule has 4 nitrogen and oxygen atoms in total. The van der Waals surface area contributed by atoms with E-state index in [1.807, 2.05) is 16.4 Å². The monoisotopic (exact) mass is 198 g/mol. The van der Waals surface area contributed by atoms with Crippen LogP contribution in [0.15, 0.2) is 12.7 Å². The van der Waals surface area contributed by atoms with Crippen molar-refractivity contribution in [1.29, 1.82) is 0 Å². The molecule has 5 heteroatoms. The van der Waals surface area contributed by atoms with Crippen LogP contribution in [0.1, 0.15) is 12.8 Å². The lowest BCUT2D eigenvalue weighted by Gasteiger charge is -2.35. The van der Waals surface area contributed by atoms with Gasteiger partial charge in [-0.1, -0.05) is 0 Å². The van der Waals surface area contributed by atoms with Crippen molar-refractivity contribution in [2.75, 3.05) is 18.1 Å². The van der Waals surface area contributed by atoms with Crippen LogP contribution in [-0.2, 0) is 5.54 Å². The van der Waals surface area contributed by atoms with E-state index in [0.29, 0.717) is 6.54 Å². The molecule has 72 valence electrons. The molecule has 2 rings (SSSR count). The maximum atomic E-state index is 5.83. The third kappa shape index (κ3) is 1.58. The Balaban J connectivity index is 2.23. The minimum Gasteiger partial charge on any atom is -0.328 e. The maximum Gasteiger partial charge on any atom is 0.137 e. The number of rotatable bonds is 2. The molecule has 1 aromatic heterocycles. The molecular formula is C8H14N4S. The third-order valence-electron chi connectivity index (χ3n) is 2.71. The van der Waals surface area contributed by atoms with Gasteiger partial charge in [-0.2, -0.15) is 16.9 Å². The summed E-state index contributed by atoms with van der Waals surface area (Å²) >= 11 is 1.99. The Morgan fingerprint density at radius 2 is 2.23 bits per heavy atom. The van der Waals surface area contributed by atoms with Crippen molar-refractivity contribution in [2.24, 2.45) is 5.73 Å².